The van der Waals surface area contributed by atoms with Crippen LogP contribution in [0.15, 0.2) is 57.8 Å². The van der Waals surface area contributed by atoms with Gasteiger partial charge in [-0.1, -0.05) is 35.9 Å². The molecule has 3 rings (SSSR count). The Balaban J connectivity index is 1.93. The van der Waals surface area contributed by atoms with Crippen LogP contribution in [0.1, 0.15) is 28.6 Å². The summed E-state index contributed by atoms with van der Waals surface area (Å²) in [5, 5.41) is 0.669. The summed E-state index contributed by atoms with van der Waals surface area (Å²) in [5.41, 5.74) is 1.92. The van der Waals surface area contributed by atoms with E-state index in [0.717, 1.165) is 5.56 Å². The van der Waals surface area contributed by atoms with E-state index in [1.54, 1.807) is 43.3 Å². The molecule has 136 valence electrons. The zero-order valence-electron chi connectivity index (χ0n) is 14.5. The molecule has 0 spiro atoms. The molecule has 0 saturated heterocycles. The topological polar surface area (TPSA) is 85.6 Å². The van der Waals surface area contributed by atoms with Crippen LogP contribution in [-0.4, -0.2) is 21.0 Å². The first-order valence-electron chi connectivity index (χ1n) is 8.16. The molecule has 0 amide bonds. The number of esters is 1. The quantitative estimate of drug-likeness (QED) is 0.669. The Hall–Kier alpha value is -2.64. The lowest BCUT2D eigenvalue weighted by atomic mass is 10.1. The monoisotopic (exact) mass is 373 g/mol. The summed E-state index contributed by atoms with van der Waals surface area (Å²) >= 11 is 0. The third kappa shape index (κ3) is 3.63. The van der Waals surface area contributed by atoms with E-state index in [4.69, 9.17) is 9.15 Å². The molecule has 0 aliphatic rings. The van der Waals surface area contributed by atoms with E-state index in [-0.39, 0.29) is 23.8 Å². The van der Waals surface area contributed by atoms with Crippen LogP contribution in [0, 0.1) is 6.92 Å². The van der Waals surface area contributed by atoms with Crippen molar-refractivity contribution in [3.8, 4) is 0 Å². The number of benzene rings is 2. The Morgan fingerprint density at radius 2 is 1.81 bits per heavy atom. The van der Waals surface area contributed by atoms with E-state index < -0.39 is 16.0 Å². The highest BCUT2D eigenvalue weighted by molar-refractivity contribution is 7.89. The van der Waals surface area contributed by atoms with Crippen LogP contribution in [0.4, 0.5) is 0 Å². The number of para-hydroxylation sites is 1. The van der Waals surface area contributed by atoms with Crippen LogP contribution in [0.25, 0.3) is 11.0 Å². The fourth-order valence-electron chi connectivity index (χ4n) is 2.60. The molecule has 3 aromatic rings. The number of sulfonamides is 1. The van der Waals surface area contributed by atoms with Crippen molar-refractivity contribution in [2.45, 2.75) is 25.3 Å². The standard InChI is InChI=1S/C19H19NO5S/c1-3-24-19(21)18-16(15-6-4-5-7-17(15)25-18)12-20-26(22,23)14-10-8-13(2)9-11-14/h4-11,20H,3,12H2,1-2H3. The van der Waals surface area contributed by atoms with Crippen molar-refractivity contribution in [3.05, 3.63) is 65.4 Å². The zero-order valence-corrected chi connectivity index (χ0v) is 15.3. The molecule has 1 aromatic heterocycles. The second-order valence-corrected chi connectivity index (χ2v) is 7.53. The third-order valence-corrected chi connectivity index (χ3v) is 5.35. The largest absolute Gasteiger partial charge is 0.460 e. The SMILES string of the molecule is CCOC(=O)c1oc2ccccc2c1CNS(=O)(=O)c1ccc(C)cc1. The van der Waals surface area contributed by atoms with Crippen LogP contribution >= 0.6 is 0 Å². The van der Waals surface area contributed by atoms with Gasteiger partial charge in [-0.05, 0) is 32.0 Å². The van der Waals surface area contributed by atoms with Gasteiger partial charge in [-0.15, -0.1) is 0 Å². The van der Waals surface area contributed by atoms with Gasteiger partial charge >= 0.3 is 5.97 Å². The van der Waals surface area contributed by atoms with E-state index in [2.05, 4.69) is 4.72 Å². The lowest BCUT2D eigenvalue weighted by molar-refractivity contribution is 0.0491. The van der Waals surface area contributed by atoms with Gasteiger partial charge in [0.1, 0.15) is 5.58 Å². The first-order valence-corrected chi connectivity index (χ1v) is 9.64. The van der Waals surface area contributed by atoms with Gasteiger partial charge in [-0.2, -0.15) is 0 Å². The van der Waals surface area contributed by atoms with Crippen LogP contribution in [0.5, 0.6) is 0 Å². The maximum atomic E-state index is 12.5. The molecule has 1 N–H and O–H groups in total. The molecule has 26 heavy (non-hydrogen) atoms. The average Bonchev–Trinajstić information content (AvgIpc) is 2.99. The molecule has 0 aliphatic heterocycles. The highest BCUT2D eigenvalue weighted by Gasteiger charge is 2.23. The number of hydrogen-bond acceptors (Lipinski definition) is 5. The number of ether oxygens (including phenoxy) is 1. The maximum absolute atomic E-state index is 12.5. The average molecular weight is 373 g/mol. The molecule has 0 bridgehead atoms. The zero-order chi connectivity index (χ0) is 18.7. The Morgan fingerprint density at radius 1 is 1.12 bits per heavy atom. The highest BCUT2D eigenvalue weighted by atomic mass is 32.2. The van der Waals surface area contributed by atoms with Gasteiger partial charge in [0.25, 0.3) is 0 Å². The molecule has 0 radical (unpaired) electrons. The Bertz CT molecular complexity index is 1040. The molecule has 0 saturated carbocycles. The van der Waals surface area contributed by atoms with Crippen LogP contribution in [0.3, 0.4) is 0 Å². The number of carbonyl (C=O) groups excluding carboxylic acids is 1. The molecule has 0 unspecified atom stereocenters. The number of furan rings is 1. The molecular weight excluding hydrogens is 354 g/mol. The molecule has 2 aromatic carbocycles. The summed E-state index contributed by atoms with van der Waals surface area (Å²) in [7, 11) is -3.72. The molecule has 0 aliphatic carbocycles. The fourth-order valence-corrected chi connectivity index (χ4v) is 3.60. The van der Waals surface area contributed by atoms with Gasteiger partial charge in [0.2, 0.25) is 15.8 Å². The molecule has 6 nitrogen and oxygen atoms in total. The van der Waals surface area contributed by atoms with Gasteiger partial charge in [0.15, 0.2) is 0 Å². The Kier molecular flexibility index (Phi) is 5.11. The summed E-state index contributed by atoms with van der Waals surface area (Å²) in [6.07, 6.45) is 0. The van der Waals surface area contributed by atoms with Gasteiger partial charge in [0.05, 0.1) is 11.5 Å². The number of aryl methyl sites for hydroxylation is 1. The van der Waals surface area contributed by atoms with Crippen molar-refractivity contribution < 1.29 is 22.4 Å². The van der Waals surface area contributed by atoms with Gasteiger partial charge in [-0.25, -0.2) is 17.9 Å². The summed E-state index contributed by atoms with van der Waals surface area (Å²) < 4.78 is 38.2. The van der Waals surface area contributed by atoms with Crippen molar-refractivity contribution in [2.75, 3.05) is 6.61 Å². The van der Waals surface area contributed by atoms with Gasteiger partial charge < -0.3 is 9.15 Å². The first-order chi connectivity index (χ1) is 12.4. The summed E-state index contributed by atoms with van der Waals surface area (Å²) in [5.74, 6) is -0.604. The predicted molar refractivity (Wildman–Crippen MR) is 97.4 cm³/mol. The van der Waals surface area contributed by atoms with Crippen LogP contribution < -0.4 is 4.72 Å². The highest BCUT2D eigenvalue weighted by Crippen LogP contribution is 2.27. The molecule has 1 heterocycles. The number of rotatable bonds is 6. The summed E-state index contributed by atoms with van der Waals surface area (Å²) in [6.45, 7) is 3.69. The van der Waals surface area contributed by atoms with Crippen LogP contribution in [-0.2, 0) is 21.3 Å². The van der Waals surface area contributed by atoms with Crippen molar-refractivity contribution in [1.29, 1.82) is 0 Å². The number of carbonyl (C=O) groups is 1. The summed E-state index contributed by atoms with van der Waals surface area (Å²) in [6, 6.07) is 13.6. The van der Waals surface area contributed by atoms with Crippen molar-refractivity contribution in [1.82, 2.24) is 4.72 Å². The smallest absolute Gasteiger partial charge is 0.374 e. The molecular formula is C19H19NO5S. The second kappa shape index (κ2) is 7.31. The minimum Gasteiger partial charge on any atom is -0.460 e. The lowest BCUT2D eigenvalue weighted by Crippen LogP contribution is -2.24. The first kappa shape index (κ1) is 18.2. The van der Waals surface area contributed by atoms with E-state index >= 15 is 0 Å². The number of nitrogens with one attached hydrogen (secondary N) is 1. The fraction of sp³-hybridized carbons (Fsp3) is 0.211. The van der Waals surface area contributed by atoms with Gasteiger partial charge in [0, 0.05) is 17.5 Å². The molecule has 7 heteroatoms. The van der Waals surface area contributed by atoms with Crippen LogP contribution in [0.2, 0.25) is 0 Å². The summed E-state index contributed by atoms with van der Waals surface area (Å²) in [4.78, 5) is 12.3. The van der Waals surface area contributed by atoms with Crippen molar-refractivity contribution >= 4 is 27.0 Å². The lowest BCUT2D eigenvalue weighted by Gasteiger charge is -2.08. The minimum absolute atomic E-state index is 0.0136. The van der Waals surface area contributed by atoms with E-state index in [1.165, 1.54) is 12.1 Å². The van der Waals surface area contributed by atoms with E-state index in [9.17, 15) is 13.2 Å². The minimum atomic E-state index is -3.72. The second-order valence-electron chi connectivity index (χ2n) is 5.76. The predicted octanol–water partition coefficient (Wildman–Crippen LogP) is 3.40. The van der Waals surface area contributed by atoms with Crippen molar-refractivity contribution in [3.63, 3.8) is 0 Å². The number of fused-ring (bicyclic) bond motifs is 1. The Morgan fingerprint density at radius 3 is 2.50 bits per heavy atom. The Labute approximate surface area is 151 Å². The third-order valence-electron chi connectivity index (χ3n) is 3.93. The molecule has 0 atom stereocenters. The van der Waals surface area contributed by atoms with E-state index in [0.29, 0.717) is 16.5 Å². The maximum Gasteiger partial charge on any atom is 0.374 e. The normalized spacial score (nSPS) is 11.6. The number of hydrogen-bond donors (Lipinski definition) is 1. The van der Waals surface area contributed by atoms with E-state index in [1.807, 2.05) is 6.92 Å². The van der Waals surface area contributed by atoms with Crippen molar-refractivity contribution in [2.24, 2.45) is 0 Å². The van der Waals surface area contributed by atoms with Gasteiger partial charge in [-0.3, -0.25) is 0 Å². The molecule has 0 fully saturated rings.